The summed E-state index contributed by atoms with van der Waals surface area (Å²) in [5, 5.41) is 0. The first-order valence-corrected chi connectivity index (χ1v) is 10.2. The molecule has 0 radical (unpaired) electrons. The van der Waals surface area contributed by atoms with Crippen molar-refractivity contribution < 1.29 is 14.3 Å². The van der Waals surface area contributed by atoms with Gasteiger partial charge in [0.15, 0.2) is 0 Å². The molecule has 0 saturated carbocycles. The van der Waals surface area contributed by atoms with E-state index in [0.29, 0.717) is 19.6 Å². The van der Waals surface area contributed by atoms with Gasteiger partial charge in [0, 0.05) is 50.8 Å². The Morgan fingerprint density at radius 1 is 1.14 bits per heavy atom. The van der Waals surface area contributed by atoms with E-state index in [1.165, 1.54) is 5.56 Å². The first-order valence-electron chi connectivity index (χ1n) is 10.2. The van der Waals surface area contributed by atoms with Crippen molar-refractivity contribution in [1.29, 1.82) is 0 Å². The van der Waals surface area contributed by atoms with Gasteiger partial charge in [0.2, 0.25) is 11.8 Å². The zero-order valence-corrected chi connectivity index (χ0v) is 17.0. The lowest BCUT2D eigenvalue weighted by molar-refractivity contribution is -0.137. The molecular formula is C23H27N3O3. The third-order valence-corrected chi connectivity index (χ3v) is 5.97. The number of ether oxygens (including phenoxy) is 1. The molecular weight excluding hydrogens is 366 g/mol. The fourth-order valence-electron chi connectivity index (χ4n) is 4.08. The summed E-state index contributed by atoms with van der Waals surface area (Å²) in [6.07, 6.45) is 5.41. The summed E-state index contributed by atoms with van der Waals surface area (Å²) < 4.78 is 5.96. The monoisotopic (exact) mass is 393 g/mol. The molecule has 0 N–H and O–H groups in total. The van der Waals surface area contributed by atoms with E-state index in [2.05, 4.69) is 11.9 Å². The van der Waals surface area contributed by atoms with Gasteiger partial charge in [-0.25, -0.2) is 0 Å². The molecule has 4 rings (SSSR count). The quantitative estimate of drug-likeness (QED) is 0.801. The van der Waals surface area contributed by atoms with E-state index in [1.807, 2.05) is 42.2 Å². The number of carbonyl (C=O) groups is 2. The summed E-state index contributed by atoms with van der Waals surface area (Å²) >= 11 is 0. The van der Waals surface area contributed by atoms with Crippen LogP contribution in [0.4, 0.5) is 5.69 Å². The van der Waals surface area contributed by atoms with Gasteiger partial charge in [0.1, 0.15) is 11.9 Å². The minimum Gasteiger partial charge on any atom is -0.489 e. The minimum atomic E-state index is -0.264. The van der Waals surface area contributed by atoms with Crippen molar-refractivity contribution in [3.8, 4) is 5.75 Å². The molecule has 0 spiro atoms. The van der Waals surface area contributed by atoms with Crippen LogP contribution in [-0.4, -0.2) is 47.4 Å². The molecule has 6 nitrogen and oxygen atoms in total. The SMILES string of the molecule is Cc1ccc(N2CC(C(=O)N3CCC(Oc4cccnc4)CC3)CC2=O)cc1C. The van der Waals surface area contributed by atoms with Gasteiger partial charge in [0.25, 0.3) is 0 Å². The first kappa shape index (κ1) is 19.4. The van der Waals surface area contributed by atoms with E-state index in [1.54, 1.807) is 17.3 Å². The lowest BCUT2D eigenvalue weighted by Gasteiger charge is -2.33. The smallest absolute Gasteiger partial charge is 0.228 e. The highest BCUT2D eigenvalue weighted by Gasteiger charge is 2.38. The van der Waals surface area contributed by atoms with Crippen LogP contribution < -0.4 is 9.64 Å². The molecule has 1 atom stereocenters. The lowest BCUT2D eigenvalue weighted by Crippen LogP contribution is -2.44. The Labute approximate surface area is 171 Å². The second kappa shape index (κ2) is 8.23. The summed E-state index contributed by atoms with van der Waals surface area (Å²) in [6.45, 7) is 5.89. The van der Waals surface area contributed by atoms with Crippen molar-refractivity contribution in [2.24, 2.45) is 5.92 Å². The van der Waals surface area contributed by atoms with Crippen molar-refractivity contribution >= 4 is 17.5 Å². The van der Waals surface area contributed by atoms with Gasteiger partial charge >= 0.3 is 0 Å². The summed E-state index contributed by atoms with van der Waals surface area (Å²) in [5.74, 6) is 0.619. The van der Waals surface area contributed by atoms with Crippen LogP contribution in [0.2, 0.25) is 0 Å². The number of piperidine rings is 1. The van der Waals surface area contributed by atoms with Crippen LogP contribution >= 0.6 is 0 Å². The van der Waals surface area contributed by atoms with Crippen LogP contribution in [0.15, 0.2) is 42.7 Å². The standard InChI is InChI=1S/C23H27N3O3/c1-16-5-6-19(12-17(16)2)26-15-18(13-22(26)27)23(28)25-10-7-20(8-11-25)29-21-4-3-9-24-14-21/h3-6,9,12,14,18,20H,7-8,10-11,13,15H2,1-2H3. The number of pyridine rings is 1. The summed E-state index contributed by atoms with van der Waals surface area (Å²) in [4.78, 5) is 33.3. The van der Waals surface area contributed by atoms with Crippen LogP contribution in [0.3, 0.4) is 0 Å². The maximum absolute atomic E-state index is 13.0. The summed E-state index contributed by atoms with van der Waals surface area (Å²) in [6, 6.07) is 9.78. The maximum Gasteiger partial charge on any atom is 0.228 e. The molecule has 6 heteroatoms. The van der Waals surface area contributed by atoms with Gasteiger partial charge in [-0.3, -0.25) is 14.6 Å². The van der Waals surface area contributed by atoms with Crippen molar-refractivity contribution in [2.75, 3.05) is 24.5 Å². The van der Waals surface area contributed by atoms with Crippen molar-refractivity contribution in [2.45, 2.75) is 39.2 Å². The fraction of sp³-hybridized carbons (Fsp3) is 0.435. The van der Waals surface area contributed by atoms with Gasteiger partial charge in [-0.1, -0.05) is 6.07 Å². The number of aromatic nitrogens is 1. The molecule has 0 bridgehead atoms. The van der Waals surface area contributed by atoms with E-state index in [0.717, 1.165) is 29.8 Å². The Kier molecular flexibility index (Phi) is 5.51. The van der Waals surface area contributed by atoms with E-state index in [9.17, 15) is 9.59 Å². The Bertz CT molecular complexity index is 891. The predicted octanol–water partition coefficient (Wildman–Crippen LogP) is 3.12. The number of nitrogens with zero attached hydrogens (tertiary/aromatic N) is 3. The van der Waals surface area contributed by atoms with Crippen molar-refractivity contribution in [3.63, 3.8) is 0 Å². The average Bonchev–Trinajstić information content (AvgIpc) is 3.12. The largest absolute Gasteiger partial charge is 0.489 e. The highest BCUT2D eigenvalue weighted by atomic mass is 16.5. The average molecular weight is 393 g/mol. The molecule has 2 fully saturated rings. The van der Waals surface area contributed by atoms with Gasteiger partial charge in [-0.2, -0.15) is 0 Å². The number of hydrogen-bond donors (Lipinski definition) is 0. The molecule has 0 aliphatic carbocycles. The summed E-state index contributed by atoms with van der Waals surface area (Å²) in [7, 11) is 0. The summed E-state index contributed by atoms with van der Waals surface area (Å²) in [5.41, 5.74) is 3.24. The highest BCUT2D eigenvalue weighted by molar-refractivity contribution is 6.00. The van der Waals surface area contributed by atoms with E-state index >= 15 is 0 Å². The normalized spacial score (nSPS) is 20.2. The second-order valence-corrected chi connectivity index (χ2v) is 8.01. The number of carbonyl (C=O) groups excluding carboxylic acids is 2. The molecule has 2 aliphatic heterocycles. The van der Waals surface area contributed by atoms with Gasteiger partial charge < -0.3 is 14.5 Å². The number of likely N-dealkylation sites (tertiary alicyclic amines) is 1. The number of aryl methyl sites for hydroxylation is 2. The first-order chi connectivity index (χ1) is 14.0. The topological polar surface area (TPSA) is 62.7 Å². The molecule has 1 unspecified atom stereocenters. The molecule has 2 amide bonds. The Morgan fingerprint density at radius 2 is 1.93 bits per heavy atom. The molecule has 2 aliphatic rings. The number of rotatable bonds is 4. The zero-order chi connectivity index (χ0) is 20.4. The molecule has 1 aromatic carbocycles. The predicted molar refractivity (Wildman–Crippen MR) is 111 cm³/mol. The maximum atomic E-state index is 13.0. The van der Waals surface area contributed by atoms with Gasteiger partial charge in [-0.15, -0.1) is 0 Å². The Hall–Kier alpha value is -2.89. The molecule has 29 heavy (non-hydrogen) atoms. The zero-order valence-electron chi connectivity index (χ0n) is 17.0. The van der Waals surface area contributed by atoms with Crippen molar-refractivity contribution in [3.05, 3.63) is 53.9 Å². The van der Waals surface area contributed by atoms with Crippen LogP contribution in [0.1, 0.15) is 30.4 Å². The highest BCUT2D eigenvalue weighted by Crippen LogP contribution is 2.29. The van der Waals surface area contributed by atoms with Gasteiger partial charge in [-0.05, 0) is 49.2 Å². The van der Waals surface area contributed by atoms with Crippen LogP contribution in [0, 0.1) is 19.8 Å². The number of anilines is 1. The number of benzene rings is 1. The van der Waals surface area contributed by atoms with Crippen molar-refractivity contribution in [1.82, 2.24) is 9.88 Å². The third-order valence-electron chi connectivity index (χ3n) is 5.97. The molecule has 152 valence electrons. The molecule has 2 saturated heterocycles. The van der Waals surface area contributed by atoms with Gasteiger partial charge in [0.05, 0.1) is 12.1 Å². The Morgan fingerprint density at radius 3 is 2.62 bits per heavy atom. The lowest BCUT2D eigenvalue weighted by atomic mass is 10.0. The second-order valence-electron chi connectivity index (χ2n) is 8.01. The third kappa shape index (κ3) is 4.26. The minimum absolute atomic E-state index is 0.0291. The molecule has 3 heterocycles. The van der Waals surface area contributed by atoms with Crippen LogP contribution in [0.5, 0.6) is 5.75 Å². The van der Waals surface area contributed by atoms with E-state index < -0.39 is 0 Å². The Balaban J connectivity index is 1.33. The van der Waals surface area contributed by atoms with E-state index in [-0.39, 0.29) is 30.3 Å². The number of amides is 2. The van der Waals surface area contributed by atoms with Crippen LogP contribution in [0.25, 0.3) is 0 Å². The van der Waals surface area contributed by atoms with Crippen LogP contribution in [-0.2, 0) is 9.59 Å². The fourth-order valence-corrected chi connectivity index (χ4v) is 4.08. The van der Waals surface area contributed by atoms with E-state index in [4.69, 9.17) is 4.74 Å². The number of hydrogen-bond acceptors (Lipinski definition) is 4. The molecule has 2 aromatic rings. The molecule has 1 aromatic heterocycles.